The number of benzene rings is 2. The van der Waals surface area contributed by atoms with E-state index in [2.05, 4.69) is 10.0 Å². The van der Waals surface area contributed by atoms with Crippen molar-refractivity contribution in [1.82, 2.24) is 5.32 Å². The molecule has 0 aliphatic carbocycles. The van der Waals surface area contributed by atoms with E-state index in [1.165, 1.54) is 6.07 Å². The lowest BCUT2D eigenvalue weighted by Crippen LogP contribution is -2.40. The molecule has 5 nitrogen and oxygen atoms in total. The number of hydrogen-bond donors (Lipinski definition) is 2. The Bertz CT molecular complexity index is 880. The van der Waals surface area contributed by atoms with Crippen LogP contribution in [-0.2, 0) is 10.0 Å². The molecular weight excluding hydrogens is 336 g/mol. The standard InChI is InChI=1S/C19H24N2O3S/c1-13-6-10-16(11-7-13)21-25(23,24)17-12-15(9-8-14(17)2)18(22)20-19(3,4)5/h6-12,21H,1-5H3,(H,20,22). The van der Waals surface area contributed by atoms with Gasteiger partial charge in [-0.05, 0) is 64.4 Å². The summed E-state index contributed by atoms with van der Waals surface area (Å²) >= 11 is 0. The lowest BCUT2D eigenvalue weighted by molar-refractivity contribution is 0.0919. The van der Waals surface area contributed by atoms with E-state index in [0.29, 0.717) is 16.8 Å². The van der Waals surface area contributed by atoms with Gasteiger partial charge in [-0.15, -0.1) is 0 Å². The van der Waals surface area contributed by atoms with Gasteiger partial charge in [0.15, 0.2) is 0 Å². The normalized spacial score (nSPS) is 11.9. The van der Waals surface area contributed by atoms with Gasteiger partial charge in [0.1, 0.15) is 0 Å². The van der Waals surface area contributed by atoms with Gasteiger partial charge in [-0.1, -0.05) is 23.8 Å². The van der Waals surface area contributed by atoms with E-state index in [1.807, 2.05) is 39.8 Å². The third kappa shape index (κ3) is 5.06. The van der Waals surface area contributed by atoms with Crippen LogP contribution >= 0.6 is 0 Å². The summed E-state index contributed by atoms with van der Waals surface area (Å²) in [7, 11) is -3.79. The van der Waals surface area contributed by atoms with Crippen LogP contribution in [0, 0.1) is 13.8 Å². The molecule has 0 saturated heterocycles. The molecule has 2 rings (SSSR count). The molecule has 134 valence electrons. The molecular formula is C19H24N2O3S. The molecule has 0 spiro atoms. The van der Waals surface area contributed by atoms with E-state index in [4.69, 9.17) is 0 Å². The topological polar surface area (TPSA) is 75.3 Å². The summed E-state index contributed by atoms with van der Waals surface area (Å²) in [5.74, 6) is -0.306. The summed E-state index contributed by atoms with van der Waals surface area (Å²) in [5, 5.41) is 2.84. The van der Waals surface area contributed by atoms with Crippen molar-refractivity contribution in [2.24, 2.45) is 0 Å². The molecule has 2 aromatic carbocycles. The van der Waals surface area contributed by atoms with Crippen molar-refractivity contribution in [3.63, 3.8) is 0 Å². The van der Waals surface area contributed by atoms with Gasteiger partial charge >= 0.3 is 0 Å². The monoisotopic (exact) mass is 360 g/mol. The molecule has 0 atom stereocenters. The van der Waals surface area contributed by atoms with E-state index >= 15 is 0 Å². The largest absolute Gasteiger partial charge is 0.347 e. The molecule has 0 heterocycles. The number of aryl methyl sites for hydroxylation is 2. The molecule has 0 aromatic heterocycles. The Balaban J connectivity index is 2.35. The summed E-state index contributed by atoms with van der Waals surface area (Å²) in [5.41, 5.74) is 2.01. The molecule has 0 fully saturated rings. The minimum atomic E-state index is -3.79. The Morgan fingerprint density at radius 3 is 2.12 bits per heavy atom. The number of sulfonamides is 1. The molecule has 2 aromatic rings. The van der Waals surface area contributed by atoms with Gasteiger partial charge < -0.3 is 5.32 Å². The molecule has 0 aliphatic rings. The second-order valence-corrected chi connectivity index (χ2v) is 8.81. The van der Waals surface area contributed by atoms with E-state index in [9.17, 15) is 13.2 Å². The predicted molar refractivity (Wildman–Crippen MR) is 100 cm³/mol. The van der Waals surface area contributed by atoms with Gasteiger partial charge in [0.25, 0.3) is 15.9 Å². The van der Waals surface area contributed by atoms with Crippen molar-refractivity contribution < 1.29 is 13.2 Å². The lowest BCUT2D eigenvalue weighted by Gasteiger charge is -2.21. The van der Waals surface area contributed by atoms with E-state index < -0.39 is 15.6 Å². The summed E-state index contributed by atoms with van der Waals surface area (Å²) < 4.78 is 28.0. The Kier molecular flexibility index (Phi) is 5.23. The summed E-state index contributed by atoms with van der Waals surface area (Å²) in [6.07, 6.45) is 0. The van der Waals surface area contributed by atoms with Crippen molar-refractivity contribution in [3.8, 4) is 0 Å². The van der Waals surface area contributed by atoms with Crippen LogP contribution in [0.15, 0.2) is 47.4 Å². The average molecular weight is 360 g/mol. The van der Waals surface area contributed by atoms with Crippen LogP contribution in [-0.4, -0.2) is 19.9 Å². The number of anilines is 1. The molecule has 25 heavy (non-hydrogen) atoms. The van der Waals surface area contributed by atoms with E-state index in [0.717, 1.165) is 5.56 Å². The number of rotatable bonds is 4. The average Bonchev–Trinajstić information content (AvgIpc) is 2.48. The van der Waals surface area contributed by atoms with Crippen molar-refractivity contribution >= 4 is 21.6 Å². The molecule has 0 aliphatic heterocycles. The number of amides is 1. The number of nitrogens with one attached hydrogen (secondary N) is 2. The molecule has 1 amide bonds. The highest BCUT2D eigenvalue weighted by Crippen LogP contribution is 2.21. The van der Waals surface area contributed by atoms with Crippen LogP contribution in [0.4, 0.5) is 5.69 Å². The SMILES string of the molecule is Cc1ccc(NS(=O)(=O)c2cc(C(=O)NC(C)(C)C)ccc2C)cc1. The molecule has 2 N–H and O–H groups in total. The first-order valence-electron chi connectivity index (χ1n) is 8.01. The zero-order valence-corrected chi connectivity index (χ0v) is 16.0. The van der Waals surface area contributed by atoms with E-state index in [-0.39, 0.29) is 10.8 Å². The summed E-state index contributed by atoms with van der Waals surface area (Å²) in [6.45, 7) is 9.25. The lowest BCUT2D eigenvalue weighted by atomic mass is 10.1. The van der Waals surface area contributed by atoms with Gasteiger partial charge in [-0.25, -0.2) is 8.42 Å². The number of carbonyl (C=O) groups is 1. The Morgan fingerprint density at radius 2 is 1.56 bits per heavy atom. The number of hydrogen-bond acceptors (Lipinski definition) is 3. The highest BCUT2D eigenvalue weighted by atomic mass is 32.2. The smallest absolute Gasteiger partial charge is 0.262 e. The van der Waals surface area contributed by atoms with Crippen molar-refractivity contribution in [2.75, 3.05) is 4.72 Å². The fourth-order valence-corrected chi connectivity index (χ4v) is 3.61. The maximum Gasteiger partial charge on any atom is 0.262 e. The second-order valence-electron chi connectivity index (χ2n) is 7.16. The minimum Gasteiger partial charge on any atom is -0.347 e. The van der Waals surface area contributed by atoms with Gasteiger partial charge in [-0.3, -0.25) is 9.52 Å². The first-order chi connectivity index (χ1) is 11.5. The third-order valence-electron chi connectivity index (χ3n) is 3.53. The number of carbonyl (C=O) groups excluding carboxylic acids is 1. The zero-order chi connectivity index (χ0) is 18.8. The molecule has 0 bridgehead atoms. The third-order valence-corrected chi connectivity index (χ3v) is 5.06. The van der Waals surface area contributed by atoms with Crippen molar-refractivity contribution in [2.45, 2.75) is 45.1 Å². The van der Waals surface area contributed by atoms with Crippen LogP contribution in [0.2, 0.25) is 0 Å². The summed E-state index contributed by atoms with van der Waals surface area (Å²) in [4.78, 5) is 12.4. The minimum absolute atomic E-state index is 0.0923. The maximum atomic E-state index is 12.7. The van der Waals surface area contributed by atoms with Crippen molar-refractivity contribution in [1.29, 1.82) is 0 Å². The van der Waals surface area contributed by atoms with Gasteiger partial charge in [0.05, 0.1) is 4.90 Å². The quantitative estimate of drug-likeness (QED) is 0.874. The first-order valence-corrected chi connectivity index (χ1v) is 9.49. The molecule has 6 heteroatoms. The van der Waals surface area contributed by atoms with Crippen LogP contribution in [0.25, 0.3) is 0 Å². The Morgan fingerprint density at radius 1 is 0.960 bits per heavy atom. The zero-order valence-electron chi connectivity index (χ0n) is 15.2. The first kappa shape index (κ1) is 19.0. The van der Waals surface area contributed by atoms with Crippen LogP contribution < -0.4 is 10.0 Å². The highest BCUT2D eigenvalue weighted by Gasteiger charge is 2.21. The van der Waals surface area contributed by atoms with Crippen LogP contribution in [0.5, 0.6) is 0 Å². The predicted octanol–water partition coefficient (Wildman–Crippen LogP) is 3.63. The Labute approximate surface area is 149 Å². The van der Waals surface area contributed by atoms with Gasteiger partial charge in [-0.2, -0.15) is 0 Å². The molecule has 0 radical (unpaired) electrons. The van der Waals surface area contributed by atoms with Crippen molar-refractivity contribution in [3.05, 3.63) is 59.2 Å². The molecule has 0 saturated carbocycles. The highest BCUT2D eigenvalue weighted by molar-refractivity contribution is 7.92. The fraction of sp³-hybridized carbons (Fsp3) is 0.316. The van der Waals surface area contributed by atoms with Gasteiger partial charge in [0.2, 0.25) is 0 Å². The molecule has 0 unspecified atom stereocenters. The second kappa shape index (κ2) is 6.88. The maximum absolute atomic E-state index is 12.7. The Hall–Kier alpha value is -2.34. The van der Waals surface area contributed by atoms with E-state index in [1.54, 1.807) is 31.2 Å². The van der Waals surface area contributed by atoms with Gasteiger partial charge in [0, 0.05) is 16.8 Å². The fourth-order valence-electron chi connectivity index (χ4n) is 2.28. The van der Waals surface area contributed by atoms with Crippen LogP contribution in [0.3, 0.4) is 0 Å². The van der Waals surface area contributed by atoms with Crippen LogP contribution in [0.1, 0.15) is 42.3 Å². The summed E-state index contributed by atoms with van der Waals surface area (Å²) in [6, 6.07) is 11.8.